The molecule has 4 rings (SSSR count). The van der Waals surface area contributed by atoms with Gasteiger partial charge in [-0.05, 0) is 43.3 Å². The molecule has 0 bridgehead atoms. The number of carbonyl (C=O) groups excluding carboxylic acids is 2. The van der Waals surface area contributed by atoms with Crippen LogP contribution in [0.25, 0.3) is 11.3 Å². The standard InChI is InChI=1S/C26H21N5O5S2/c1-16-25(37-26(28-16)29-17(2)32)38(34,35)31-23-14-21(24(33)36-3)13-22(30-23)20-10-8-18(9-11-20)6-7-19-5-4-12-27-15-19/h4-5,8-15H,1-3H3,(H,30,31)(H,28,29,32). The van der Waals surface area contributed by atoms with E-state index in [1.165, 1.54) is 33.1 Å². The maximum atomic E-state index is 13.1. The second kappa shape index (κ2) is 11.2. The molecule has 3 heterocycles. The summed E-state index contributed by atoms with van der Waals surface area (Å²) in [6.07, 6.45) is 3.34. The van der Waals surface area contributed by atoms with Gasteiger partial charge in [0.05, 0.1) is 24.1 Å². The molecule has 2 N–H and O–H groups in total. The number of aromatic nitrogens is 3. The molecule has 38 heavy (non-hydrogen) atoms. The zero-order valence-electron chi connectivity index (χ0n) is 20.5. The van der Waals surface area contributed by atoms with E-state index in [9.17, 15) is 18.0 Å². The van der Waals surface area contributed by atoms with Crippen molar-refractivity contribution in [2.24, 2.45) is 0 Å². The fraction of sp³-hybridized carbons (Fsp3) is 0.115. The van der Waals surface area contributed by atoms with E-state index >= 15 is 0 Å². The van der Waals surface area contributed by atoms with Crippen molar-refractivity contribution in [3.8, 4) is 23.1 Å². The summed E-state index contributed by atoms with van der Waals surface area (Å²) < 4.78 is 33.4. The summed E-state index contributed by atoms with van der Waals surface area (Å²) >= 11 is 0.804. The lowest BCUT2D eigenvalue weighted by Gasteiger charge is -2.10. The van der Waals surface area contributed by atoms with Crippen molar-refractivity contribution in [2.75, 3.05) is 17.1 Å². The SMILES string of the molecule is COC(=O)c1cc(NS(=O)(=O)c2sc(NC(C)=O)nc2C)nc(-c2ccc(C#Cc3cccnc3)cc2)c1. The van der Waals surface area contributed by atoms with Crippen LogP contribution in [0.1, 0.15) is 34.1 Å². The molecule has 0 aliphatic carbocycles. The Kier molecular flexibility index (Phi) is 7.80. The molecule has 0 saturated carbocycles. The Bertz CT molecular complexity index is 1670. The summed E-state index contributed by atoms with van der Waals surface area (Å²) in [5.74, 6) is 4.96. The predicted molar refractivity (Wildman–Crippen MR) is 143 cm³/mol. The number of hydrogen-bond acceptors (Lipinski definition) is 9. The van der Waals surface area contributed by atoms with Gasteiger partial charge in [0, 0.05) is 36.0 Å². The maximum absolute atomic E-state index is 13.1. The number of hydrogen-bond donors (Lipinski definition) is 2. The fourth-order valence-corrected chi connectivity index (χ4v) is 5.75. The third-order valence-corrected chi connectivity index (χ3v) is 8.00. The summed E-state index contributed by atoms with van der Waals surface area (Å²) in [7, 11) is -2.90. The summed E-state index contributed by atoms with van der Waals surface area (Å²) in [5.41, 5.74) is 2.82. The van der Waals surface area contributed by atoms with Gasteiger partial charge < -0.3 is 10.1 Å². The predicted octanol–water partition coefficient (Wildman–Crippen LogP) is 3.85. The molecule has 0 fully saturated rings. The zero-order valence-corrected chi connectivity index (χ0v) is 22.1. The van der Waals surface area contributed by atoms with Gasteiger partial charge in [-0.2, -0.15) is 0 Å². The largest absolute Gasteiger partial charge is 0.465 e. The molecular formula is C26H21N5O5S2. The molecule has 10 nitrogen and oxygen atoms in total. The van der Waals surface area contributed by atoms with E-state index in [1.807, 2.05) is 6.07 Å². The third-order valence-electron chi connectivity index (χ3n) is 4.96. The van der Waals surface area contributed by atoms with Crippen molar-refractivity contribution in [3.05, 3.63) is 83.3 Å². The summed E-state index contributed by atoms with van der Waals surface area (Å²) in [6, 6.07) is 13.6. The number of methoxy groups -OCH3 is 1. The number of carbonyl (C=O) groups is 2. The lowest BCUT2D eigenvalue weighted by Crippen LogP contribution is -2.15. The van der Waals surface area contributed by atoms with Gasteiger partial charge in [-0.3, -0.25) is 14.5 Å². The molecule has 0 aliphatic rings. The summed E-state index contributed by atoms with van der Waals surface area (Å²) in [6.45, 7) is 2.81. The van der Waals surface area contributed by atoms with Crippen LogP contribution in [0.3, 0.4) is 0 Å². The molecule has 12 heteroatoms. The Morgan fingerprint density at radius 2 is 1.76 bits per heavy atom. The molecule has 0 spiro atoms. The van der Waals surface area contributed by atoms with Crippen molar-refractivity contribution in [3.63, 3.8) is 0 Å². The van der Waals surface area contributed by atoms with E-state index in [0.29, 0.717) is 11.3 Å². The lowest BCUT2D eigenvalue weighted by molar-refractivity contribution is -0.114. The van der Waals surface area contributed by atoms with Gasteiger partial charge in [0.1, 0.15) is 5.82 Å². The molecule has 192 valence electrons. The number of nitrogens with one attached hydrogen (secondary N) is 2. The number of amides is 1. The summed E-state index contributed by atoms with van der Waals surface area (Å²) in [5, 5.41) is 2.63. The van der Waals surface area contributed by atoms with Crippen LogP contribution in [0.2, 0.25) is 0 Å². The van der Waals surface area contributed by atoms with E-state index in [1.54, 1.807) is 42.7 Å². The van der Waals surface area contributed by atoms with Crippen LogP contribution < -0.4 is 10.0 Å². The highest BCUT2D eigenvalue weighted by Gasteiger charge is 2.24. The average molecular weight is 548 g/mol. The highest BCUT2D eigenvalue weighted by molar-refractivity contribution is 7.94. The van der Waals surface area contributed by atoms with Gasteiger partial charge in [0.15, 0.2) is 9.34 Å². The third kappa shape index (κ3) is 6.39. The Labute approximate surface area is 223 Å². The number of anilines is 2. The van der Waals surface area contributed by atoms with Gasteiger partial charge in [0.25, 0.3) is 10.0 Å². The van der Waals surface area contributed by atoms with E-state index < -0.39 is 16.0 Å². The smallest absolute Gasteiger partial charge is 0.338 e. The van der Waals surface area contributed by atoms with Crippen LogP contribution in [0.15, 0.2) is 65.1 Å². The van der Waals surface area contributed by atoms with Gasteiger partial charge in [-0.25, -0.2) is 23.2 Å². The minimum atomic E-state index is -4.13. The number of pyridine rings is 2. The van der Waals surface area contributed by atoms with Crippen molar-refractivity contribution in [2.45, 2.75) is 18.1 Å². The number of sulfonamides is 1. The molecular weight excluding hydrogens is 526 g/mol. The molecule has 4 aromatic rings. The van der Waals surface area contributed by atoms with Crippen molar-refractivity contribution in [1.82, 2.24) is 15.0 Å². The zero-order chi connectivity index (χ0) is 27.3. The van der Waals surface area contributed by atoms with Crippen molar-refractivity contribution >= 4 is 44.2 Å². The van der Waals surface area contributed by atoms with E-state index in [2.05, 4.69) is 36.8 Å². The maximum Gasteiger partial charge on any atom is 0.338 e. The quantitative estimate of drug-likeness (QED) is 0.274. The Hall–Kier alpha value is -4.60. The first-order chi connectivity index (χ1) is 18.1. The topological polar surface area (TPSA) is 140 Å². The molecule has 0 atom stereocenters. The fourth-order valence-electron chi connectivity index (χ4n) is 3.29. The van der Waals surface area contributed by atoms with Crippen molar-refractivity contribution in [1.29, 1.82) is 0 Å². The van der Waals surface area contributed by atoms with Crippen LogP contribution in [0.4, 0.5) is 10.9 Å². The average Bonchev–Trinajstić information content (AvgIpc) is 3.27. The molecule has 1 aromatic carbocycles. The van der Waals surface area contributed by atoms with Gasteiger partial charge in [-0.15, -0.1) is 0 Å². The van der Waals surface area contributed by atoms with E-state index in [4.69, 9.17) is 4.74 Å². The minimum Gasteiger partial charge on any atom is -0.465 e. The van der Waals surface area contributed by atoms with E-state index in [0.717, 1.165) is 22.5 Å². The molecule has 0 radical (unpaired) electrons. The number of esters is 1. The van der Waals surface area contributed by atoms with Crippen molar-refractivity contribution < 1.29 is 22.7 Å². The highest BCUT2D eigenvalue weighted by atomic mass is 32.2. The number of ether oxygens (including phenoxy) is 1. The number of rotatable bonds is 6. The first-order valence-electron chi connectivity index (χ1n) is 11.1. The van der Waals surface area contributed by atoms with Crippen LogP contribution in [0, 0.1) is 18.8 Å². The van der Waals surface area contributed by atoms with Gasteiger partial charge in [-0.1, -0.05) is 35.3 Å². The monoisotopic (exact) mass is 547 g/mol. The van der Waals surface area contributed by atoms with Crippen LogP contribution in [-0.2, 0) is 19.6 Å². The molecule has 3 aromatic heterocycles. The molecule has 0 saturated heterocycles. The lowest BCUT2D eigenvalue weighted by atomic mass is 10.1. The van der Waals surface area contributed by atoms with Crippen LogP contribution >= 0.6 is 11.3 Å². The first kappa shape index (κ1) is 26.5. The number of benzene rings is 1. The van der Waals surface area contributed by atoms with E-state index in [-0.39, 0.29) is 32.3 Å². The minimum absolute atomic E-state index is 0.0859. The first-order valence-corrected chi connectivity index (χ1v) is 13.4. The van der Waals surface area contributed by atoms with Gasteiger partial charge in [0.2, 0.25) is 5.91 Å². The number of nitrogens with zero attached hydrogens (tertiary/aromatic N) is 3. The molecule has 1 amide bonds. The Balaban J connectivity index is 1.66. The second-order valence-corrected chi connectivity index (χ2v) is 10.7. The number of thiazole rings is 1. The summed E-state index contributed by atoms with van der Waals surface area (Å²) in [4.78, 5) is 36.2. The normalized spacial score (nSPS) is 10.7. The van der Waals surface area contributed by atoms with Crippen LogP contribution in [-0.4, -0.2) is 42.4 Å². The second-order valence-electron chi connectivity index (χ2n) is 7.87. The molecule has 0 unspecified atom stereocenters. The Morgan fingerprint density at radius 3 is 2.42 bits per heavy atom. The molecule has 0 aliphatic heterocycles. The van der Waals surface area contributed by atoms with Crippen LogP contribution in [0.5, 0.6) is 0 Å². The van der Waals surface area contributed by atoms with Gasteiger partial charge >= 0.3 is 5.97 Å². The number of aryl methyl sites for hydroxylation is 1. The Morgan fingerprint density at radius 1 is 1.03 bits per heavy atom. The highest BCUT2D eigenvalue weighted by Crippen LogP contribution is 2.30.